The van der Waals surface area contributed by atoms with Gasteiger partial charge in [0, 0.05) is 13.1 Å². The van der Waals surface area contributed by atoms with Crippen LogP contribution in [0.15, 0.2) is 24.3 Å². The van der Waals surface area contributed by atoms with Gasteiger partial charge in [-0.1, -0.05) is 24.6 Å². The summed E-state index contributed by atoms with van der Waals surface area (Å²) in [4.78, 5) is 14.6. The fraction of sp³-hybridized carbons (Fsp3) is 0.588. The van der Waals surface area contributed by atoms with E-state index in [0.717, 1.165) is 25.3 Å². The zero-order valence-corrected chi connectivity index (χ0v) is 13.0. The van der Waals surface area contributed by atoms with Crippen molar-refractivity contribution in [3.63, 3.8) is 0 Å². The number of carbonyl (C=O) groups excluding carboxylic acids is 1. The number of likely N-dealkylation sites (tertiary alicyclic amines) is 1. The number of piperidine rings is 1. The normalized spacial score (nSPS) is 19.8. The SMILES string of the molecule is Cc1ccc(OC(C)(C)C(=O)N2CCC[C@@H](C)C2)cc1. The zero-order valence-electron chi connectivity index (χ0n) is 13.0. The summed E-state index contributed by atoms with van der Waals surface area (Å²) in [6.45, 7) is 9.65. The Labute approximate surface area is 121 Å². The van der Waals surface area contributed by atoms with Gasteiger partial charge in [-0.25, -0.2) is 0 Å². The van der Waals surface area contributed by atoms with E-state index in [1.165, 1.54) is 12.0 Å². The molecule has 3 nitrogen and oxygen atoms in total. The lowest BCUT2D eigenvalue weighted by molar-refractivity contribution is -0.147. The van der Waals surface area contributed by atoms with Gasteiger partial charge in [0.25, 0.3) is 5.91 Å². The van der Waals surface area contributed by atoms with Crippen molar-refractivity contribution in [2.45, 2.75) is 46.1 Å². The highest BCUT2D eigenvalue weighted by Crippen LogP contribution is 2.23. The predicted molar refractivity (Wildman–Crippen MR) is 80.9 cm³/mol. The van der Waals surface area contributed by atoms with Crippen LogP contribution in [0.3, 0.4) is 0 Å². The van der Waals surface area contributed by atoms with Gasteiger partial charge in [-0.15, -0.1) is 0 Å². The molecular weight excluding hydrogens is 250 g/mol. The molecule has 2 rings (SSSR count). The van der Waals surface area contributed by atoms with Crippen molar-refractivity contribution in [1.82, 2.24) is 4.90 Å². The van der Waals surface area contributed by atoms with Gasteiger partial charge in [-0.3, -0.25) is 4.79 Å². The minimum absolute atomic E-state index is 0.0876. The van der Waals surface area contributed by atoms with Crippen LogP contribution in [-0.2, 0) is 4.79 Å². The highest BCUT2D eigenvalue weighted by molar-refractivity contribution is 5.84. The second-order valence-electron chi connectivity index (χ2n) is 6.42. The van der Waals surface area contributed by atoms with Crippen LogP contribution in [0.2, 0.25) is 0 Å². The van der Waals surface area contributed by atoms with E-state index in [-0.39, 0.29) is 5.91 Å². The van der Waals surface area contributed by atoms with Crippen molar-refractivity contribution in [1.29, 1.82) is 0 Å². The van der Waals surface area contributed by atoms with Crippen LogP contribution < -0.4 is 4.74 Å². The smallest absolute Gasteiger partial charge is 0.266 e. The number of ether oxygens (including phenoxy) is 1. The molecular formula is C17H25NO2. The van der Waals surface area contributed by atoms with Crippen molar-refractivity contribution < 1.29 is 9.53 Å². The molecule has 110 valence electrons. The highest BCUT2D eigenvalue weighted by atomic mass is 16.5. The summed E-state index contributed by atoms with van der Waals surface area (Å²) in [5, 5.41) is 0. The summed E-state index contributed by atoms with van der Waals surface area (Å²) < 4.78 is 5.92. The molecule has 20 heavy (non-hydrogen) atoms. The molecule has 1 aliphatic rings. The molecule has 0 aromatic heterocycles. The first-order chi connectivity index (χ1) is 9.38. The molecule has 1 aromatic carbocycles. The molecule has 1 amide bonds. The lowest BCUT2D eigenvalue weighted by Crippen LogP contribution is -2.51. The van der Waals surface area contributed by atoms with Gasteiger partial charge in [0.2, 0.25) is 0 Å². The molecule has 0 N–H and O–H groups in total. The molecule has 0 saturated carbocycles. The maximum absolute atomic E-state index is 12.6. The third kappa shape index (κ3) is 3.53. The maximum atomic E-state index is 12.6. The van der Waals surface area contributed by atoms with Gasteiger partial charge in [-0.2, -0.15) is 0 Å². The highest BCUT2D eigenvalue weighted by Gasteiger charge is 2.35. The Morgan fingerprint density at radius 2 is 1.95 bits per heavy atom. The lowest BCUT2D eigenvalue weighted by Gasteiger charge is -2.36. The van der Waals surface area contributed by atoms with E-state index in [9.17, 15) is 4.79 Å². The average Bonchev–Trinajstić information content (AvgIpc) is 2.40. The maximum Gasteiger partial charge on any atom is 0.266 e. The average molecular weight is 275 g/mol. The number of benzene rings is 1. The molecule has 0 unspecified atom stereocenters. The Morgan fingerprint density at radius 3 is 2.55 bits per heavy atom. The minimum atomic E-state index is -0.813. The Hall–Kier alpha value is -1.51. The van der Waals surface area contributed by atoms with Crippen LogP contribution in [0.1, 0.15) is 39.2 Å². The number of nitrogens with zero attached hydrogens (tertiary/aromatic N) is 1. The summed E-state index contributed by atoms with van der Waals surface area (Å²) in [5.74, 6) is 1.42. The van der Waals surface area contributed by atoms with E-state index < -0.39 is 5.60 Å². The fourth-order valence-corrected chi connectivity index (χ4v) is 2.70. The first-order valence-electron chi connectivity index (χ1n) is 7.43. The Bertz CT molecular complexity index is 464. The minimum Gasteiger partial charge on any atom is -0.478 e. The molecule has 1 aromatic rings. The van der Waals surface area contributed by atoms with Crippen LogP contribution in [-0.4, -0.2) is 29.5 Å². The molecule has 1 aliphatic heterocycles. The Kier molecular flexibility index (Phi) is 4.36. The summed E-state index contributed by atoms with van der Waals surface area (Å²) >= 11 is 0. The molecule has 0 aliphatic carbocycles. The van der Waals surface area contributed by atoms with Gasteiger partial charge >= 0.3 is 0 Å². The Balaban J connectivity index is 2.04. The van der Waals surface area contributed by atoms with E-state index in [1.807, 2.05) is 49.9 Å². The molecule has 1 heterocycles. The molecule has 3 heteroatoms. The van der Waals surface area contributed by atoms with E-state index in [1.54, 1.807) is 0 Å². The van der Waals surface area contributed by atoms with E-state index >= 15 is 0 Å². The predicted octanol–water partition coefficient (Wildman–Crippen LogP) is 3.41. The second kappa shape index (κ2) is 5.86. The van der Waals surface area contributed by atoms with Gasteiger partial charge in [-0.05, 0) is 51.7 Å². The van der Waals surface area contributed by atoms with Crippen molar-refractivity contribution >= 4 is 5.91 Å². The number of rotatable bonds is 3. The van der Waals surface area contributed by atoms with E-state index in [2.05, 4.69) is 6.92 Å². The van der Waals surface area contributed by atoms with Crippen molar-refractivity contribution in [2.24, 2.45) is 5.92 Å². The standard InChI is InChI=1S/C17H25NO2/c1-13-7-9-15(10-8-13)20-17(3,4)16(19)18-11-5-6-14(2)12-18/h7-10,14H,5-6,11-12H2,1-4H3/t14-/m1/s1. The summed E-state index contributed by atoms with van der Waals surface area (Å²) in [6, 6.07) is 7.84. The molecule has 1 saturated heterocycles. The quantitative estimate of drug-likeness (QED) is 0.846. The van der Waals surface area contributed by atoms with Gasteiger partial charge in [0.1, 0.15) is 5.75 Å². The van der Waals surface area contributed by atoms with Crippen molar-refractivity contribution in [2.75, 3.05) is 13.1 Å². The van der Waals surface area contributed by atoms with Crippen LogP contribution in [0, 0.1) is 12.8 Å². The third-order valence-electron chi connectivity index (χ3n) is 3.85. The largest absolute Gasteiger partial charge is 0.478 e. The molecule has 1 fully saturated rings. The first kappa shape index (κ1) is 14.9. The number of carbonyl (C=O) groups is 1. The lowest BCUT2D eigenvalue weighted by atomic mass is 9.98. The number of aryl methyl sites for hydroxylation is 1. The second-order valence-corrected chi connectivity index (χ2v) is 6.42. The van der Waals surface area contributed by atoms with Crippen molar-refractivity contribution in [3.05, 3.63) is 29.8 Å². The number of hydrogen-bond donors (Lipinski definition) is 0. The first-order valence-corrected chi connectivity index (χ1v) is 7.43. The molecule has 1 atom stereocenters. The van der Waals surface area contributed by atoms with Crippen LogP contribution >= 0.6 is 0 Å². The third-order valence-corrected chi connectivity index (χ3v) is 3.85. The van der Waals surface area contributed by atoms with Gasteiger partial charge in [0.05, 0.1) is 0 Å². The van der Waals surface area contributed by atoms with E-state index in [0.29, 0.717) is 5.92 Å². The monoisotopic (exact) mass is 275 g/mol. The van der Waals surface area contributed by atoms with Gasteiger partial charge in [0.15, 0.2) is 5.60 Å². The zero-order chi connectivity index (χ0) is 14.8. The topological polar surface area (TPSA) is 29.5 Å². The number of amides is 1. The van der Waals surface area contributed by atoms with Crippen LogP contribution in [0.5, 0.6) is 5.75 Å². The summed E-state index contributed by atoms with van der Waals surface area (Å²) in [6.07, 6.45) is 2.30. The van der Waals surface area contributed by atoms with Gasteiger partial charge < -0.3 is 9.64 Å². The van der Waals surface area contributed by atoms with Crippen LogP contribution in [0.4, 0.5) is 0 Å². The number of hydrogen-bond acceptors (Lipinski definition) is 2. The van der Waals surface area contributed by atoms with E-state index in [4.69, 9.17) is 4.74 Å². The molecule has 0 bridgehead atoms. The molecule has 0 spiro atoms. The fourth-order valence-electron chi connectivity index (χ4n) is 2.70. The summed E-state index contributed by atoms with van der Waals surface area (Å²) in [5.41, 5.74) is 0.373. The van der Waals surface area contributed by atoms with Crippen LogP contribution in [0.25, 0.3) is 0 Å². The summed E-state index contributed by atoms with van der Waals surface area (Å²) in [7, 11) is 0. The van der Waals surface area contributed by atoms with Crippen molar-refractivity contribution in [3.8, 4) is 5.75 Å². The molecule has 0 radical (unpaired) electrons. The Morgan fingerprint density at radius 1 is 1.30 bits per heavy atom.